The van der Waals surface area contributed by atoms with Crippen LogP contribution < -0.4 is 10.9 Å². The van der Waals surface area contributed by atoms with E-state index in [2.05, 4.69) is 15.0 Å². The molecule has 0 atom stereocenters. The van der Waals surface area contributed by atoms with Gasteiger partial charge in [-0.3, -0.25) is 14.4 Å². The van der Waals surface area contributed by atoms with Crippen molar-refractivity contribution < 1.29 is 27.5 Å². The second-order valence-corrected chi connectivity index (χ2v) is 6.27. The number of anilines is 1. The summed E-state index contributed by atoms with van der Waals surface area (Å²) in [5.74, 6) is -1.87. The van der Waals surface area contributed by atoms with Crippen LogP contribution in [0.4, 0.5) is 19.0 Å². The van der Waals surface area contributed by atoms with E-state index >= 15 is 0 Å². The first kappa shape index (κ1) is 21.7. The van der Waals surface area contributed by atoms with Crippen molar-refractivity contribution in [2.75, 3.05) is 11.9 Å². The summed E-state index contributed by atoms with van der Waals surface area (Å²) in [7, 11) is 0. The molecule has 0 bridgehead atoms. The Kier molecular flexibility index (Phi) is 6.68. The Bertz CT molecular complexity index is 977. The zero-order valence-electron chi connectivity index (χ0n) is 14.1. The number of nitrogens with one attached hydrogen (secondary N) is 1. The van der Waals surface area contributed by atoms with Gasteiger partial charge in [0.2, 0.25) is 0 Å². The number of carbonyl (C=O) groups is 2. The molecule has 0 radical (unpaired) electrons. The summed E-state index contributed by atoms with van der Waals surface area (Å²) in [6.45, 7) is 0.0517. The summed E-state index contributed by atoms with van der Waals surface area (Å²) in [4.78, 5) is 39.0. The highest BCUT2D eigenvalue weighted by atomic mass is 35.5. The van der Waals surface area contributed by atoms with Crippen LogP contribution in [0.1, 0.15) is 11.1 Å². The largest absolute Gasteiger partial charge is 0.454 e. The van der Waals surface area contributed by atoms with Gasteiger partial charge in [0.1, 0.15) is 6.54 Å². The van der Waals surface area contributed by atoms with Crippen molar-refractivity contribution in [1.82, 2.24) is 9.55 Å². The average molecular weight is 438 g/mol. The fraction of sp³-hybridized carbons (Fsp3) is 0.250. The molecule has 0 aliphatic carbocycles. The topological polar surface area (TPSA) is 90.3 Å². The van der Waals surface area contributed by atoms with Crippen molar-refractivity contribution in [1.29, 1.82) is 0 Å². The van der Waals surface area contributed by atoms with E-state index in [1.807, 2.05) is 0 Å². The molecular weight excluding hydrogens is 426 g/mol. The van der Waals surface area contributed by atoms with Gasteiger partial charge in [-0.15, -0.1) is 0 Å². The molecule has 1 amide bonds. The molecule has 0 saturated heterocycles. The average Bonchev–Trinajstić information content (AvgIpc) is 2.61. The number of ether oxygens (including phenoxy) is 1. The van der Waals surface area contributed by atoms with Gasteiger partial charge >= 0.3 is 12.1 Å². The molecule has 1 N–H and O–H groups in total. The first-order valence-electron chi connectivity index (χ1n) is 7.53. The summed E-state index contributed by atoms with van der Waals surface area (Å²) in [5, 5.41) is 2.69. The van der Waals surface area contributed by atoms with Crippen molar-refractivity contribution in [2.45, 2.75) is 19.6 Å². The first-order chi connectivity index (χ1) is 13.0. The van der Waals surface area contributed by atoms with E-state index in [1.54, 1.807) is 6.92 Å². The predicted octanol–water partition coefficient (Wildman–Crippen LogP) is 3.06. The van der Waals surface area contributed by atoms with Crippen molar-refractivity contribution in [3.63, 3.8) is 0 Å². The molecular formula is C16H12Cl2F3N3O4. The molecule has 0 saturated carbocycles. The zero-order chi connectivity index (χ0) is 21.1. The Morgan fingerprint density at radius 2 is 1.96 bits per heavy atom. The Labute approximate surface area is 166 Å². The molecule has 2 rings (SSSR count). The number of esters is 1. The molecule has 0 aliphatic rings. The van der Waals surface area contributed by atoms with E-state index < -0.39 is 42.3 Å². The van der Waals surface area contributed by atoms with Crippen molar-refractivity contribution in [3.05, 3.63) is 56.1 Å². The summed E-state index contributed by atoms with van der Waals surface area (Å²) in [5.41, 5.74) is -1.45. The van der Waals surface area contributed by atoms with Gasteiger partial charge in [-0.2, -0.15) is 13.2 Å². The van der Waals surface area contributed by atoms with E-state index in [4.69, 9.17) is 23.2 Å². The molecule has 0 spiro atoms. The Balaban J connectivity index is 1.97. The number of amides is 1. The quantitative estimate of drug-likeness (QED) is 0.725. The fourth-order valence-corrected chi connectivity index (χ4v) is 2.36. The summed E-state index contributed by atoms with van der Waals surface area (Å²) in [6, 6.07) is 1.28. The molecule has 28 heavy (non-hydrogen) atoms. The minimum atomic E-state index is -4.68. The number of nitrogens with zero attached hydrogens (tertiary/aromatic N) is 2. The molecule has 0 aliphatic heterocycles. The third kappa shape index (κ3) is 5.46. The van der Waals surface area contributed by atoms with E-state index in [9.17, 15) is 27.6 Å². The van der Waals surface area contributed by atoms with Crippen LogP contribution in [0.25, 0.3) is 0 Å². The predicted molar refractivity (Wildman–Crippen MR) is 94.3 cm³/mol. The number of aromatic nitrogens is 2. The number of alkyl halides is 3. The molecule has 12 heteroatoms. The number of halogens is 5. The van der Waals surface area contributed by atoms with Crippen LogP contribution in [0.15, 0.2) is 29.3 Å². The molecule has 0 fully saturated rings. The van der Waals surface area contributed by atoms with Gasteiger partial charge in [-0.05, 0) is 18.6 Å². The van der Waals surface area contributed by atoms with Crippen molar-refractivity contribution in [3.8, 4) is 0 Å². The lowest BCUT2D eigenvalue weighted by Gasteiger charge is -2.11. The van der Waals surface area contributed by atoms with E-state index in [-0.39, 0.29) is 10.8 Å². The molecule has 2 heterocycles. The van der Waals surface area contributed by atoms with Crippen molar-refractivity contribution in [2.24, 2.45) is 0 Å². The third-order valence-corrected chi connectivity index (χ3v) is 4.28. The van der Waals surface area contributed by atoms with Gasteiger partial charge < -0.3 is 14.6 Å². The Hall–Kier alpha value is -2.59. The van der Waals surface area contributed by atoms with Gasteiger partial charge in [0, 0.05) is 18.5 Å². The molecule has 0 unspecified atom stereocenters. The smallest absolute Gasteiger partial charge is 0.417 e. The first-order valence-corrected chi connectivity index (χ1v) is 8.28. The highest BCUT2D eigenvalue weighted by Crippen LogP contribution is 2.29. The SMILES string of the molecule is Cc1c(Cl)cnc(NC(=O)COC(=O)Cn2cc(C(F)(F)F)ccc2=O)c1Cl. The van der Waals surface area contributed by atoms with Crippen molar-refractivity contribution >= 4 is 40.9 Å². The van der Waals surface area contributed by atoms with Crippen LogP contribution in [0.2, 0.25) is 10.0 Å². The van der Waals surface area contributed by atoms with Gasteiger partial charge in [-0.1, -0.05) is 23.2 Å². The van der Waals surface area contributed by atoms with Crippen LogP contribution in [-0.2, 0) is 27.0 Å². The lowest BCUT2D eigenvalue weighted by Crippen LogP contribution is -2.28. The van der Waals surface area contributed by atoms with E-state index in [0.29, 0.717) is 33.5 Å². The second kappa shape index (κ2) is 8.61. The summed E-state index contributed by atoms with van der Waals surface area (Å²) < 4.78 is 43.2. The van der Waals surface area contributed by atoms with Crippen LogP contribution in [0.5, 0.6) is 0 Å². The van der Waals surface area contributed by atoms with Crippen LogP contribution in [-0.4, -0.2) is 28.0 Å². The summed E-state index contributed by atoms with van der Waals surface area (Å²) in [6.07, 6.45) is -2.92. The van der Waals surface area contributed by atoms with E-state index in [0.717, 1.165) is 0 Å². The van der Waals surface area contributed by atoms with Gasteiger partial charge in [-0.25, -0.2) is 4.98 Å². The van der Waals surface area contributed by atoms with Crippen LogP contribution in [0.3, 0.4) is 0 Å². The minimum Gasteiger partial charge on any atom is -0.454 e. The van der Waals surface area contributed by atoms with E-state index in [1.165, 1.54) is 6.20 Å². The maximum absolute atomic E-state index is 12.7. The monoisotopic (exact) mass is 437 g/mol. The molecule has 2 aromatic heterocycles. The minimum absolute atomic E-state index is 0.00119. The molecule has 2 aromatic rings. The molecule has 0 aromatic carbocycles. The number of hydrogen-bond acceptors (Lipinski definition) is 5. The standard InChI is InChI=1S/C16H12Cl2F3N3O4/c1-8-10(17)4-22-15(14(8)18)23-11(25)7-28-13(27)6-24-5-9(16(19,20)21)2-3-12(24)26/h2-5H,6-7H2,1H3,(H,22,23,25). The normalized spacial score (nSPS) is 11.2. The van der Waals surface area contributed by atoms with Gasteiger partial charge in [0.15, 0.2) is 12.4 Å². The molecule has 7 nitrogen and oxygen atoms in total. The highest BCUT2D eigenvalue weighted by molar-refractivity contribution is 6.37. The third-order valence-electron chi connectivity index (χ3n) is 3.43. The highest BCUT2D eigenvalue weighted by Gasteiger charge is 2.31. The van der Waals surface area contributed by atoms with Crippen LogP contribution in [0, 0.1) is 6.92 Å². The lowest BCUT2D eigenvalue weighted by atomic mass is 10.3. The zero-order valence-corrected chi connectivity index (χ0v) is 15.7. The number of carbonyl (C=O) groups excluding carboxylic acids is 2. The second-order valence-electron chi connectivity index (χ2n) is 5.48. The van der Waals surface area contributed by atoms with Crippen LogP contribution >= 0.6 is 23.2 Å². The number of pyridine rings is 2. The van der Waals surface area contributed by atoms with Gasteiger partial charge in [0.25, 0.3) is 11.5 Å². The fourth-order valence-electron chi connectivity index (χ4n) is 1.97. The number of rotatable bonds is 5. The Morgan fingerprint density at radius 1 is 1.29 bits per heavy atom. The maximum Gasteiger partial charge on any atom is 0.417 e. The lowest BCUT2D eigenvalue weighted by molar-refractivity contribution is -0.148. The summed E-state index contributed by atoms with van der Waals surface area (Å²) >= 11 is 11.8. The Morgan fingerprint density at radius 3 is 2.61 bits per heavy atom. The number of hydrogen-bond donors (Lipinski definition) is 1. The molecule has 150 valence electrons. The maximum atomic E-state index is 12.7. The van der Waals surface area contributed by atoms with Gasteiger partial charge in [0.05, 0.1) is 15.6 Å².